The first-order valence-electron chi connectivity index (χ1n) is 9.06. The van der Waals surface area contributed by atoms with Crippen LogP contribution in [-0.4, -0.2) is 37.9 Å². The summed E-state index contributed by atoms with van der Waals surface area (Å²) in [4.78, 5) is 17.3. The number of carbonyl (C=O) groups is 1. The molecule has 3 aromatic rings. The van der Waals surface area contributed by atoms with Crippen LogP contribution in [0.15, 0.2) is 48.8 Å². The van der Waals surface area contributed by atoms with Crippen molar-refractivity contribution in [2.75, 3.05) is 0 Å². The third-order valence-electron chi connectivity index (χ3n) is 4.97. The van der Waals surface area contributed by atoms with Gasteiger partial charge in [0.25, 0.3) is 5.91 Å². The van der Waals surface area contributed by atoms with Crippen molar-refractivity contribution in [3.63, 3.8) is 0 Å². The molecule has 1 aliphatic rings. The van der Waals surface area contributed by atoms with Crippen LogP contribution in [0.2, 0.25) is 0 Å². The summed E-state index contributed by atoms with van der Waals surface area (Å²) >= 11 is 0. The van der Waals surface area contributed by atoms with Gasteiger partial charge in [-0.05, 0) is 36.6 Å². The van der Waals surface area contributed by atoms with Crippen molar-refractivity contribution in [1.82, 2.24) is 20.1 Å². The summed E-state index contributed by atoms with van der Waals surface area (Å²) in [5.74, 6) is -0.233. The lowest BCUT2D eigenvalue weighted by atomic mass is 9.92. The highest BCUT2D eigenvalue weighted by atomic mass is 16.3. The molecule has 0 unspecified atom stereocenters. The molecule has 2 N–H and O–H groups in total. The summed E-state index contributed by atoms with van der Waals surface area (Å²) in [6.45, 7) is 0.572. The maximum Gasteiger partial charge on any atom is 0.270 e. The second-order valence-corrected chi connectivity index (χ2v) is 6.82. The number of para-hydroxylation sites is 1. The molecule has 0 radical (unpaired) electrons. The molecule has 0 aliphatic heterocycles. The van der Waals surface area contributed by atoms with Crippen molar-refractivity contribution >= 4 is 16.8 Å². The Labute approximate surface area is 151 Å². The van der Waals surface area contributed by atoms with Gasteiger partial charge in [-0.25, -0.2) is 4.98 Å². The lowest BCUT2D eigenvalue weighted by Crippen LogP contribution is -2.45. The highest BCUT2D eigenvalue weighted by molar-refractivity contribution is 5.96. The number of rotatable bonds is 4. The molecule has 1 aromatic carbocycles. The van der Waals surface area contributed by atoms with Crippen LogP contribution in [0.3, 0.4) is 0 Å². The van der Waals surface area contributed by atoms with E-state index < -0.39 is 6.10 Å². The maximum absolute atomic E-state index is 12.7. The van der Waals surface area contributed by atoms with E-state index in [0.29, 0.717) is 12.2 Å². The number of amides is 1. The van der Waals surface area contributed by atoms with Gasteiger partial charge < -0.3 is 10.4 Å². The van der Waals surface area contributed by atoms with Crippen LogP contribution >= 0.6 is 0 Å². The van der Waals surface area contributed by atoms with Crippen LogP contribution < -0.4 is 5.32 Å². The number of fused-ring (bicyclic) bond motifs is 1. The lowest BCUT2D eigenvalue weighted by molar-refractivity contribution is 0.0714. The Bertz CT molecular complexity index is 907. The zero-order valence-corrected chi connectivity index (χ0v) is 14.5. The average Bonchev–Trinajstić information content (AvgIpc) is 3.16. The molecular formula is C20H22N4O2. The largest absolute Gasteiger partial charge is 0.391 e. The Balaban J connectivity index is 1.65. The van der Waals surface area contributed by atoms with E-state index in [1.165, 1.54) is 0 Å². The van der Waals surface area contributed by atoms with Crippen LogP contribution in [0.25, 0.3) is 10.9 Å². The Morgan fingerprint density at radius 1 is 1.23 bits per heavy atom. The van der Waals surface area contributed by atoms with Gasteiger partial charge in [0.15, 0.2) is 0 Å². The molecule has 1 aliphatic carbocycles. The molecule has 1 fully saturated rings. The van der Waals surface area contributed by atoms with E-state index in [0.717, 1.165) is 42.1 Å². The molecule has 1 amide bonds. The van der Waals surface area contributed by atoms with Crippen molar-refractivity contribution in [1.29, 1.82) is 0 Å². The van der Waals surface area contributed by atoms with Gasteiger partial charge in [0.05, 0.1) is 24.2 Å². The van der Waals surface area contributed by atoms with Gasteiger partial charge in [-0.1, -0.05) is 31.0 Å². The first kappa shape index (κ1) is 16.7. The number of aliphatic hydroxyl groups excluding tert-OH is 1. The van der Waals surface area contributed by atoms with Gasteiger partial charge in [0, 0.05) is 17.8 Å². The monoisotopic (exact) mass is 350 g/mol. The number of nitrogens with one attached hydrogen (secondary N) is 1. The fourth-order valence-corrected chi connectivity index (χ4v) is 3.59. The van der Waals surface area contributed by atoms with E-state index in [1.807, 2.05) is 47.3 Å². The number of benzene rings is 1. The van der Waals surface area contributed by atoms with Crippen LogP contribution in [0, 0.1) is 0 Å². The number of nitrogens with zero attached hydrogens (tertiary/aromatic N) is 3. The maximum atomic E-state index is 12.7. The fraction of sp³-hybridized carbons (Fsp3) is 0.350. The second kappa shape index (κ2) is 7.25. The molecule has 2 aromatic heterocycles. The summed E-state index contributed by atoms with van der Waals surface area (Å²) in [7, 11) is 0. The summed E-state index contributed by atoms with van der Waals surface area (Å²) in [5.41, 5.74) is 2.16. The summed E-state index contributed by atoms with van der Waals surface area (Å²) in [6, 6.07) is 11.3. The SMILES string of the molecule is O=C(N[C@H]1CCCC[C@@H]1O)c1cc(Cn2cccn2)c2ccccc2n1. The quantitative estimate of drug-likeness (QED) is 0.758. The van der Waals surface area contributed by atoms with Crippen molar-refractivity contribution in [3.05, 3.63) is 60.0 Å². The molecule has 134 valence electrons. The number of hydrogen-bond acceptors (Lipinski definition) is 4. The van der Waals surface area contributed by atoms with Crippen LogP contribution in [-0.2, 0) is 6.54 Å². The van der Waals surface area contributed by atoms with Gasteiger partial charge in [-0.15, -0.1) is 0 Å². The molecule has 4 rings (SSSR count). The second-order valence-electron chi connectivity index (χ2n) is 6.82. The fourth-order valence-electron chi connectivity index (χ4n) is 3.59. The highest BCUT2D eigenvalue weighted by Crippen LogP contribution is 2.21. The molecule has 6 heteroatoms. The number of aliphatic hydroxyl groups is 1. The third kappa shape index (κ3) is 3.46. The van der Waals surface area contributed by atoms with E-state index in [-0.39, 0.29) is 11.9 Å². The highest BCUT2D eigenvalue weighted by Gasteiger charge is 2.25. The van der Waals surface area contributed by atoms with Crippen LogP contribution in [0.4, 0.5) is 0 Å². The molecule has 0 spiro atoms. The molecule has 26 heavy (non-hydrogen) atoms. The summed E-state index contributed by atoms with van der Waals surface area (Å²) < 4.78 is 1.83. The van der Waals surface area contributed by atoms with Gasteiger partial charge in [0.1, 0.15) is 5.69 Å². The van der Waals surface area contributed by atoms with E-state index in [9.17, 15) is 9.90 Å². The van der Waals surface area contributed by atoms with Crippen molar-refractivity contribution in [2.45, 2.75) is 44.4 Å². The first-order valence-corrected chi connectivity index (χ1v) is 9.06. The van der Waals surface area contributed by atoms with Gasteiger partial charge in [0.2, 0.25) is 0 Å². The normalized spacial score (nSPS) is 20.2. The Kier molecular flexibility index (Phi) is 4.67. The minimum atomic E-state index is -0.475. The predicted octanol–water partition coefficient (Wildman–Crippen LogP) is 2.51. The van der Waals surface area contributed by atoms with Crippen molar-refractivity contribution in [3.8, 4) is 0 Å². The average molecular weight is 350 g/mol. The number of hydrogen-bond donors (Lipinski definition) is 2. The topological polar surface area (TPSA) is 80.0 Å². The third-order valence-corrected chi connectivity index (χ3v) is 4.97. The Morgan fingerprint density at radius 2 is 2.08 bits per heavy atom. The number of pyridine rings is 1. The Morgan fingerprint density at radius 3 is 2.88 bits per heavy atom. The smallest absolute Gasteiger partial charge is 0.270 e. The zero-order chi connectivity index (χ0) is 17.9. The predicted molar refractivity (Wildman–Crippen MR) is 98.8 cm³/mol. The van der Waals surface area contributed by atoms with Gasteiger partial charge in [-0.2, -0.15) is 5.10 Å². The van der Waals surface area contributed by atoms with Crippen LogP contribution in [0.1, 0.15) is 41.7 Å². The van der Waals surface area contributed by atoms with Crippen molar-refractivity contribution in [2.24, 2.45) is 0 Å². The summed E-state index contributed by atoms with van der Waals surface area (Å²) in [5, 5.41) is 18.3. The van der Waals surface area contributed by atoms with Gasteiger partial charge >= 0.3 is 0 Å². The van der Waals surface area contributed by atoms with E-state index >= 15 is 0 Å². The molecule has 0 saturated heterocycles. The van der Waals surface area contributed by atoms with Gasteiger partial charge in [-0.3, -0.25) is 9.48 Å². The van der Waals surface area contributed by atoms with E-state index in [2.05, 4.69) is 15.4 Å². The standard InChI is InChI=1S/C20H22N4O2/c25-19-9-4-3-8-17(19)23-20(26)18-12-14(13-24-11-5-10-21-24)15-6-1-2-7-16(15)22-18/h1-2,5-7,10-12,17,19,25H,3-4,8-9,13H2,(H,23,26)/t17-,19-/m0/s1. The minimum absolute atomic E-state index is 0.195. The molecule has 2 heterocycles. The Hall–Kier alpha value is -2.73. The molecule has 1 saturated carbocycles. The van der Waals surface area contributed by atoms with Crippen molar-refractivity contribution < 1.29 is 9.90 Å². The number of carbonyl (C=O) groups excluding carboxylic acids is 1. The molecule has 6 nitrogen and oxygen atoms in total. The zero-order valence-electron chi connectivity index (χ0n) is 14.5. The molecule has 0 bridgehead atoms. The molecule has 2 atom stereocenters. The lowest BCUT2D eigenvalue weighted by Gasteiger charge is -2.28. The minimum Gasteiger partial charge on any atom is -0.391 e. The summed E-state index contributed by atoms with van der Waals surface area (Å²) in [6.07, 6.45) is 6.74. The van der Waals surface area contributed by atoms with Crippen LogP contribution in [0.5, 0.6) is 0 Å². The van der Waals surface area contributed by atoms with E-state index in [1.54, 1.807) is 6.20 Å². The van der Waals surface area contributed by atoms with E-state index in [4.69, 9.17) is 0 Å². The number of aromatic nitrogens is 3. The molecular weight excluding hydrogens is 328 g/mol. The first-order chi connectivity index (χ1) is 12.7.